The number of carbonyl (C=O) groups excluding carboxylic acids is 1. The highest BCUT2D eigenvalue weighted by Crippen LogP contribution is 2.53. The largest absolute Gasteiger partial charge is 0.433 e. The second-order valence-corrected chi connectivity index (χ2v) is 10.9. The predicted octanol–water partition coefficient (Wildman–Crippen LogP) is 3.38. The number of hydrogen-bond acceptors (Lipinski definition) is 7. The van der Waals surface area contributed by atoms with Gasteiger partial charge in [0.05, 0.1) is 6.20 Å². The lowest BCUT2D eigenvalue weighted by atomic mass is 9.90. The first-order valence-electron chi connectivity index (χ1n) is 10.3. The number of pyridine rings is 1. The molecule has 1 fully saturated rings. The lowest BCUT2D eigenvalue weighted by molar-refractivity contribution is -0.0501. The number of amidine groups is 1. The molecule has 1 aliphatic heterocycles. The number of alkyl halides is 3. The third-order valence-electron chi connectivity index (χ3n) is 6.27. The SMILES string of the molecule is Cc1cc(OC(F)F)cnc1C(=O)Cc1ccc(F)c([C@@]2(C)N=C(N)C3(CC3)S(=O)(=O)[C@H]2F)c1. The Bertz CT molecular complexity index is 1310. The van der Waals surface area contributed by atoms with Crippen LogP contribution in [0.3, 0.4) is 0 Å². The topological polar surface area (TPSA) is 112 Å². The third-order valence-corrected chi connectivity index (χ3v) is 8.98. The standard InChI is InChI=1S/C22H21F4N3O4S/c1-11-7-13(33-20(25)26)10-28-17(11)16(30)9-12-3-4-15(23)14(8-12)21(2)18(24)34(31,32)22(5-6-22)19(27)29-21/h3-4,7-8,10,18,20H,5-6,9H2,1-2H3,(H2,27,29)/t18-,21-/m1/s1. The average molecular weight is 499 g/mol. The van der Waals surface area contributed by atoms with Gasteiger partial charge in [-0.05, 0) is 56.0 Å². The van der Waals surface area contributed by atoms with Gasteiger partial charge in [-0.3, -0.25) is 9.79 Å². The molecule has 7 nitrogen and oxygen atoms in total. The van der Waals surface area contributed by atoms with Crippen molar-refractivity contribution in [3.05, 3.63) is 58.7 Å². The summed E-state index contributed by atoms with van der Waals surface area (Å²) in [6.45, 7) is -0.410. The molecule has 34 heavy (non-hydrogen) atoms. The van der Waals surface area contributed by atoms with Gasteiger partial charge in [0.2, 0.25) is 5.50 Å². The Morgan fingerprint density at radius 3 is 2.56 bits per heavy atom. The molecule has 12 heteroatoms. The van der Waals surface area contributed by atoms with Crippen LogP contribution in [0.4, 0.5) is 17.6 Å². The number of aliphatic imine (C=N–C) groups is 1. The number of ether oxygens (including phenoxy) is 1. The van der Waals surface area contributed by atoms with Crippen LogP contribution in [0.25, 0.3) is 0 Å². The molecule has 0 saturated heterocycles. The van der Waals surface area contributed by atoms with E-state index in [1.165, 1.54) is 25.1 Å². The summed E-state index contributed by atoms with van der Waals surface area (Å²) < 4.78 is 83.2. The van der Waals surface area contributed by atoms with Gasteiger partial charge in [-0.1, -0.05) is 6.07 Å². The molecular weight excluding hydrogens is 478 g/mol. The van der Waals surface area contributed by atoms with E-state index in [1.807, 2.05) is 0 Å². The highest BCUT2D eigenvalue weighted by Gasteiger charge is 2.67. The second kappa shape index (κ2) is 8.03. The van der Waals surface area contributed by atoms with Crippen LogP contribution >= 0.6 is 0 Å². The van der Waals surface area contributed by atoms with Gasteiger partial charge in [0.25, 0.3) is 0 Å². The van der Waals surface area contributed by atoms with Crippen molar-refractivity contribution in [3.63, 3.8) is 0 Å². The summed E-state index contributed by atoms with van der Waals surface area (Å²) in [5.74, 6) is -1.88. The molecule has 2 heterocycles. The van der Waals surface area contributed by atoms with Crippen LogP contribution in [0.2, 0.25) is 0 Å². The van der Waals surface area contributed by atoms with Crippen LogP contribution in [-0.4, -0.2) is 41.9 Å². The Balaban J connectivity index is 1.66. The number of nitrogens with two attached hydrogens (primary N) is 1. The van der Waals surface area contributed by atoms with Crippen molar-refractivity contribution in [2.24, 2.45) is 10.7 Å². The van der Waals surface area contributed by atoms with Crippen molar-refractivity contribution in [3.8, 4) is 5.75 Å². The summed E-state index contributed by atoms with van der Waals surface area (Å²) in [5.41, 5.74) is 1.40. The van der Waals surface area contributed by atoms with Crippen LogP contribution in [0.5, 0.6) is 5.75 Å². The highest BCUT2D eigenvalue weighted by atomic mass is 32.2. The number of halogens is 4. The van der Waals surface area contributed by atoms with Gasteiger partial charge in [-0.15, -0.1) is 0 Å². The maximum absolute atomic E-state index is 15.4. The lowest BCUT2D eigenvalue weighted by Crippen LogP contribution is -2.54. The summed E-state index contributed by atoms with van der Waals surface area (Å²) in [5, 5.41) is 0. The van der Waals surface area contributed by atoms with E-state index in [9.17, 15) is 26.4 Å². The van der Waals surface area contributed by atoms with Crippen molar-refractivity contribution < 1.29 is 35.5 Å². The number of Topliss-reactive ketones (excluding diaryl/α,β-unsaturated/α-hetero) is 1. The smallest absolute Gasteiger partial charge is 0.387 e. The van der Waals surface area contributed by atoms with Crippen molar-refractivity contribution in [2.75, 3.05) is 0 Å². The van der Waals surface area contributed by atoms with Gasteiger partial charge in [0.15, 0.2) is 15.6 Å². The maximum Gasteiger partial charge on any atom is 0.387 e. The Morgan fingerprint density at radius 2 is 1.97 bits per heavy atom. The monoisotopic (exact) mass is 499 g/mol. The molecular formula is C22H21F4N3O4S. The van der Waals surface area contributed by atoms with E-state index in [2.05, 4.69) is 14.7 Å². The molecule has 2 N–H and O–H groups in total. The molecule has 2 atom stereocenters. The molecule has 1 aromatic heterocycles. The summed E-state index contributed by atoms with van der Waals surface area (Å²) >= 11 is 0. The van der Waals surface area contributed by atoms with E-state index in [0.29, 0.717) is 0 Å². The number of nitrogens with zero attached hydrogens (tertiary/aromatic N) is 2. The summed E-state index contributed by atoms with van der Waals surface area (Å²) in [6, 6.07) is 4.70. The van der Waals surface area contributed by atoms with Crippen LogP contribution in [-0.2, 0) is 21.8 Å². The highest BCUT2D eigenvalue weighted by molar-refractivity contribution is 7.94. The average Bonchev–Trinajstić information content (AvgIpc) is 3.55. The Kier molecular flexibility index (Phi) is 5.70. The van der Waals surface area contributed by atoms with Crippen molar-refractivity contribution in [2.45, 2.75) is 55.5 Å². The number of aryl methyl sites for hydroxylation is 1. The molecule has 4 rings (SSSR count). The molecule has 1 spiro atoms. The fourth-order valence-electron chi connectivity index (χ4n) is 4.23. The molecule has 1 saturated carbocycles. The van der Waals surface area contributed by atoms with E-state index in [-0.39, 0.29) is 53.2 Å². The number of ketones is 1. The molecule has 0 unspecified atom stereocenters. The number of aromatic nitrogens is 1. The molecule has 0 radical (unpaired) electrons. The summed E-state index contributed by atoms with van der Waals surface area (Å²) in [6.07, 6.45) is 1.01. The third kappa shape index (κ3) is 3.73. The first-order valence-corrected chi connectivity index (χ1v) is 11.8. The van der Waals surface area contributed by atoms with Gasteiger partial charge < -0.3 is 10.5 Å². The van der Waals surface area contributed by atoms with E-state index in [4.69, 9.17) is 5.73 Å². The fraction of sp³-hybridized carbons (Fsp3) is 0.409. The van der Waals surface area contributed by atoms with Gasteiger partial charge in [0.1, 0.15) is 33.4 Å². The Hall–Kier alpha value is -3.02. The van der Waals surface area contributed by atoms with Crippen molar-refractivity contribution in [1.82, 2.24) is 4.98 Å². The van der Waals surface area contributed by atoms with Crippen molar-refractivity contribution in [1.29, 1.82) is 0 Å². The van der Waals surface area contributed by atoms with E-state index >= 15 is 4.39 Å². The molecule has 182 valence electrons. The van der Waals surface area contributed by atoms with Gasteiger partial charge in [0, 0.05) is 12.0 Å². The molecule has 1 aromatic carbocycles. The quantitative estimate of drug-likeness (QED) is 0.482. The van der Waals surface area contributed by atoms with Crippen molar-refractivity contribution >= 4 is 21.5 Å². The number of carbonyl (C=O) groups is 1. The number of rotatable bonds is 6. The minimum Gasteiger partial charge on any atom is -0.433 e. The van der Waals surface area contributed by atoms with Gasteiger partial charge >= 0.3 is 6.61 Å². The lowest BCUT2D eigenvalue weighted by Gasteiger charge is -2.37. The summed E-state index contributed by atoms with van der Waals surface area (Å²) in [4.78, 5) is 20.7. The zero-order valence-corrected chi connectivity index (χ0v) is 19.0. The molecule has 0 amide bonds. The number of benzene rings is 1. The molecule has 0 bridgehead atoms. The molecule has 1 aliphatic carbocycles. The minimum absolute atomic E-state index is 0.0137. The zero-order chi connectivity index (χ0) is 25.1. The molecule has 2 aliphatic rings. The Labute approximate surface area is 193 Å². The molecule has 2 aromatic rings. The van der Waals surface area contributed by atoms with Gasteiger partial charge in [-0.25, -0.2) is 22.2 Å². The number of sulfone groups is 1. The second-order valence-electron chi connectivity index (χ2n) is 8.63. The Morgan fingerprint density at radius 1 is 1.29 bits per heavy atom. The number of hydrogen-bond donors (Lipinski definition) is 1. The zero-order valence-electron chi connectivity index (χ0n) is 18.2. The van der Waals surface area contributed by atoms with Gasteiger partial charge in [-0.2, -0.15) is 8.78 Å². The van der Waals surface area contributed by atoms with Crippen LogP contribution in [0.1, 0.15) is 46.9 Å². The predicted molar refractivity (Wildman–Crippen MR) is 115 cm³/mol. The first kappa shape index (κ1) is 24.1. The fourth-order valence-corrected chi connectivity index (χ4v) is 6.42. The van der Waals surface area contributed by atoms with Crippen LogP contribution < -0.4 is 10.5 Å². The maximum atomic E-state index is 15.4. The van der Waals surface area contributed by atoms with E-state index in [1.54, 1.807) is 0 Å². The first-order chi connectivity index (χ1) is 15.8. The van der Waals surface area contributed by atoms with Crippen LogP contribution in [0.15, 0.2) is 35.5 Å². The summed E-state index contributed by atoms with van der Waals surface area (Å²) in [7, 11) is -4.38. The van der Waals surface area contributed by atoms with Crippen LogP contribution in [0, 0.1) is 12.7 Å². The van der Waals surface area contributed by atoms with E-state index < -0.39 is 43.8 Å². The normalized spacial score (nSPS) is 24.7. The van der Waals surface area contributed by atoms with E-state index in [0.717, 1.165) is 19.2 Å². The minimum atomic E-state index is -4.38.